The van der Waals surface area contributed by atoms with E-state index in [2.05, 4.69) is 13.2 Å². The summed E-state index contributed by atoms with van der Waals surface area (Å²) in [6.45, 7) is 9.09. The Labute approximate surface area is 108 Å². The fraction of sp³-hybridized carbons (Fsp3) is 0.333. The van der Waals surface area contributed by atoms with Gasteiger partial charge in [-0.1, -0.05) is 17.7 Å². The maximum Gasteiger partial charge on any atom is 0.253 e. The molecule has 1 saturated heterocycles. The van der Waals surface area contributed by atoms with E-state index in [1.54, 1.807) is 4.90 Å². The Hall–Kier alpha value is -1.90. The van der Waals surface area contributed by atoms with Gasteiger partial charge in [-0.25, -0.2) is 0 Å². The first kappa shape index (κ1) is 14.2. The van der Waals surface area contributed by atoms with Crippen LogP contribution in [0.4, 0.5) is 0 Å². The van der Waals surface area contributed by atoms with Crippen molar-refractivity contribution in [3.05, 3.63) is 48.6 Å². The summed E-state index contributed by atoms with van der Waals surface area (Å²) in [7, 11) is 0. The number of aryl methyl sites for hydroxylation is 1. The Morgan fingerprint density at radius 3 is 2.39 bits per heavy atom. The second-order valence-electron chi connectivity index (χ2n) is 4.20. The van der Waals surface area contributed by atoms with E-state index in [1.165, 1.54) is 0 Å². The van der Waals surface area contributed by atoms with Gasteiger partial charge in [-0.15, -0.1) is 13.2 Å². The van der Waals surface area contributed by atoms with Crippen LogP contribution in [-0.2, 0) is 4.79 Å². The van der Waals surface area contributed by atoms with E-state index in [1.807, 2.05) is 31.2 Å². The average molecular weight is 245 g/mol. The summed E-state index contributed by atoms with van der Waals surface area (Å²) in [5.41, 5.74) is 1.80. The van der Waals surface area contributed by atoms with Crippen LogP contribution in [0, 0.1) is 6.92 Å². The molecule has 0 bridgehead atoms. The van der Waals surface area contributed by atoms with Gasteiger partial charge in [0.2, 0.25) is 0 Å². The summed E-state index contributed by atoms with van der Waals surface area (Å²) < 4.78 is 0. The number of carbonyl (C=O) groups excluding carboxylic acids is 2. The first-order chi connectivity index (χ1) is 8.66. The largest absolute Gasteiger partial charge is 0.338 e. The molecule has 1 aliphatic heterocycles. The molecule has 18 heavy (non-hydrogen) atoms. The number of amides is 1. The predicted octanol–water partition coefficient (Wildman–Crippen LogP) is 2.60. The number of hydrogen-bond donors (Lipinski definition) is 0. The van der Waals surface area contributed by atoms with Gasteiger partial charge in [0.1, 0.15) is 5.78 Å². The molecule has 1 amide bonds. The molecule has 96 valence electrons. The van der Waals surface area contributed by atoms with Crippen molar-refractivity contribution in [2.24, 2.45) is 0 Å². The number of piperidine rings is 1. The summed E-state index contributed by atoms with van der Waals surface area (Å²) >= 11 is 0. The van der Waals surface area contributed by atoms with Crippen LogP contribution in [0.5, 0.6) is 0 Å². The standard InChI is InChI=1S/C13H15NO2.C2H4/c1-10-3-2-4-11(9-10)13(16)14-7-5-12(15)6-8-14;1-2/h2-4,9H,5-8H2,1H3;1-2H2. The average Bonchev–Trinajstić information content (AvgIpc) is 2.41. The summed E-state index contributed by atoms with van der Waals surface area (Å²) in [5, 5.41) is 0. The van der Waals surface area contributed by atoms with Gasteiger partial charge in [0.15, 0.2) is 0 Å². The molecule has 0 unspecified atom stereocenters. The molecule has 0 aliphatic carbocycles. The van der Waals surface area contributed by atoms with Crippen molar-refractivity contribution in [3.63, 3.8) is 0 Å². The number of likely N-dealkylation sites (tertiary alicyclic amines) is 1. The third-order valence-electron chi connectivity index (χ3n) is 2.87. The lowest BCUT2D eigenvalue weighted by atomic mass is 10.1. The van der Waals surface area contributed by atoms with Crippen molar-refractivity contribution in [1.82, 2.24) is 4.90 Å². The minimum absolute atomic E-state index is 0.0381. The van der Waals surface area contributed by atoms with Crippen LogP contribution in [0.2, 0.25) is 0 Å². The van der Waals surface area contributed by atoms with Gasteiger partial charge in [-0.05, 0) is 19.1 Å². The Kier molecular flexibility index (Phi) is 5.31. The number of benzene rings is 1. The van der Waals surface area contributed by atoms with Gasteiger partial charge in [0.05, 0.1) is 0 Å². The Balaban J connectivity index is 0.000000771. The van der Waals surface area contributed by atoms with Crippen LogP contribution in [0.3, 0.4) is 0 Å². The summed E-state index contributed by atoms with van der Waals surface area (Å²) in [6.07, 6.45) is 0.995. The van der Waals surface area contributed by atoms with Crippen LogP contribution in [-0.4, -0.2) is 29.7 Å². The zero-order chi connectivity index (χ0) is 13.5. The van der Waals surface area contributed by atoms with E-state index >= 15 is 0 Å². The third kappa shape index (κ3) is 3.55. The lowest BCUT2D eigenvalue weighted by Gasteiger charge is -2.26. The van der Waals surface area contributed by atoms with Crippen molar-refractivity contribution >= 4 is 11.7 Å². The number of ketones is 1. The molecule has 0 saturated carbocycles. The molecule has 0 atom stereocenters. The molecule has 2 rings (SSSR count). The Morgan fingerprint density at radius 2 is 1.83 bits per heavy atom. The quantitative estimate of drug-likeness (QED) is 0.713. The van der Waals surface area contributed by atoms with Gasteiger partial charge in [-0.2, -0.15) is 0 Å². The molecule has 0 radical (unpaired) electrons. The van der Waals surface area contributed by atoms with Crippen LogP contribution < -0.4 is 0 Å². The zero-order valence-electron chi connectivity index (χ0n) is 10.8. The fourth-order valence-corrected chi connectivity index (χ4v) is 1.92. The van der Waals surface area contributed by atoms with Gasteiger partial charge in [0.25, 0.3) is 5.91 Å². The highest BCUT2D eigenvalue weighted by Crippen LogP contribution is 2.12. The molecular weight excluding hydrogens is 226 g/mol. The molecule has 1 aliphatic rings. The zero-order valence-corrected chi connectivity index (χ0v) is 10.8. The van der Waals surface area contributed by atoms with Gasteiger partial charge in [-0.3, -0.25) is 9.59 Å². The van der Waals surface area contributed by atoms with Gasteiger partial charge < -0.3 is 4.90 Å². The highest BCUT2D eigenvalue weighted by Gasteiger charge is 2.21. The first-order valence-electron chi connectivity index (χ1n) is 6.04. The van der Waals surface area contributed by atoms with Crippen molar-refractivity contribution in [1.29, 1.82) is 0 Å². The molecule has 1 heterocycles. The maximum atomic E-state index is 12.1. The fourth-order valence-electron chi connectivity index (χ4n) is 1.92. The van der Waals surface area contributed by atoms with Crippen molar-refractivity contribution in [2.75, 3.05) is 13.1 Å². The van der Waals surface area contributed by atoms with Crippen LogP contribution in [0.15, 0.2) is 37.4 Å². The lowest BCUT2D eigenvalue weighted by molar-refractivity contribution is -0.120. The number of hydrogen-bond acceptors (Lipinski definition) is 2. The minimum Gasteiger partial charge on any atom is -0.338 e. The smallest absolute Gasteiger partial charge is 0.253 e. The van der Waals surface area contributed by atoms with E-state index in [0.717, 1.165) is 5.56 Å². The van der Waals surface area contributed by atoms with E-state index in [0.29, 0.717) is 31.5 Å². The van der Waals surface area contributed by atoms with Crippen molar-refractivity contribution < 1.29 is 9.59 Å². The normalized spacial score (nSPS) is 14.7. The topological polar surface area (TPSA) is 37.4 Å². The Morgan fingerprint density at radius 1 is 1.22 bits per heavy atom. The Bertz CT molecular complexity index is 430. The predicted molar refractivity (Wildman–Crippen MR) is 72.6 cm³/mol. The first-order valence-corrected chi connectivity index (χ1v) is 6.04. The second kappa shape index (κ2) is 6.74. The highest BCUT2D eigenvalue weighted by atomic mass is 16.2. The third-order valence-corrected chi connectivity index (χ3v) is 2.87. The van der Waals surface area contributed by atoms with Crippen LogP contribution >= 0.6 is 0 Å². The molecular formula is C15H19NO2. The molecule has 1 aromatic rings. The summed E-state index contributed by atoms with van der Waals surface area (Å²) in [5.74, 6) is 0.296. The molecule has 3 heteroatoms. The maximum absolute atomic E-state index is 12.1. The van der Waals surface area contributed by atoms with Crippen LogP contribution in [0.25, 0.3) is 0 Å². The SMILES string of the molecule is C=C.Cc1cccc(C(=O)N2CCC(=O)CC2)c1. The lowest BCUT2D eigenvalue weighted by Crippen LogP contribution is -2.38. The number of rotatable bonds is 1. The van der Waals surface area contributed by atoms with E-state index in [4.69, 9.17) is 0 Å². The van der Waals surface area contributed by atoms with Crippen molar-refractivity contribution in [3.8, 4) is 0 Å². The number of carbonyl (C=O) groups is 2. The van der Waals surface area contributed by atoms with Crippen molar-refractivity contribution in [2.45, 2.75) is 19.8 Å². The van der Waals surface area contributed by atoms with E-state index in [9.17, 15) is 9.59 Å². The van der Waals surface area contributed by atoms with Crippen LogP contribution in [0.1, 0.15) is 28.8 Å². The minimum atomic E-state index is 0.0381. The van der Waals surface area contributed by atoms with Gasteiger partial charge in [0, 0.05) is 31.5 Å². The summed E-state index contributed by atoms with van der Waals surface area (Å²) in [6, 6.07) is 7.57. The molecule has 0 spiro atoms. The molecule has 0 aromatic heterocycles. The molecule has 0 N–H and O–H groups in total. The second-order valence-corrected chi connectivity index (χ2v) is 4.20. The molecule has 1 fully saturated rings. The van der Waals surface area contributed by atoms with E-state index in [-0.39, 0.29) is 11.7 Å². The molecule has 3 nitrogen and oxygen atoms in total. The molecule has 1 aromatic carbocycles. The summed E-state index contributed by atoms with van der Waals surface area (Å²) in [4.78, 5) is 24.9. The highest BCUT2D eigenvalue weighted by molar-refractivity contribution is 5.95. The van der Waals surface area contributed by atoms with Gasteiger partial charge >= 0.3 is 0 Å². The monoisotopic (exact) mass is 245 g/mol. The number of Topliss-reactive ketones (excluding diaryl/α,β-unsaturated/α-hetero) is 1. The number of nitrogens with zero attached hydrogens (tertiary/aromatic N) is 1. The van der Waals surface area contributed by atoms with E-state index < -0.39 is 0 Å².